The second-order valence-corrected chi connectivity index (χ2v) is 7.59. The highest BCUT2D eigenvalue weighted by molar-refractivity contribution is 6.05. The molecule has 3 aromatic carbocycles. The molecule has 6 heteroatoms. The van der Waals surface area contributed by atoms with Gasteiger partial charge in [0.05, 0.1) is 5.56 Å². The third-order valence-electron chi connectivity index (χ3n) is 5.15. The van der Waals surface area contributed by atoms with Crippen molar-refractivity contribution in [3.63, 3.8) is 0 Å². The lowest BCUT2D eigenvalue weighted by Gasteiger charge is -2.25. The van der Waals surface area contributed by atoms with Crippen molar-refractivity contribution in [1.82, 2.24) is 0 Å². The molecule has 0 fully saturated rings. The van der Waals surface area contributed by atoms with E-state index in [1.54, 1.807) is 42.5 Å². The molecule has 0 radical (unpaired) electrons. The molecule has 1 atom stereocenters. The Morgan fingerprint density at radius 3 is 2.19 bits per heavy atom. The summed E-state index contributed by atoms with van der Waals surface area (Å²) < 4.78 is 5.60. The lowest BCUT2D eigenvalue weighted by Crippen LogP contribution is -2.23. The third-order valence-corrected chi connectivity index (χ3v) is 5.15. The summed E-state index contributed by atoms with van der Waals surface area (Å²) in [5.74, 6) is -0.818. The van der Waals surface area contributed by atoms with Crippen LogP contribution in [0.5, 0.6) is 0 Å². The van der Waals surface area contributed by atoms with Gasteiger partial charge in [0, 0.05) is 30.3 Å². The minimum absolute atomic E-state index is 0.159. The monoisotopic (exact) mass is 414 g/mol. The Morgan fingerprint density at radius 1 is 0.903 bits per heavy atom. The smallest absolute Gasteiger partial charge is 0.339 e. The van der Waals surface area contributed by atoms with Crippen LogP contribution in [0.3, 0.4) is 0 Å². The molecule has 1 aliphatic heterocycles. The van der Waals surface area contributed by atoms with E-state index >= 15 is 0 Å². The Kier molecular flexibility index (Phi) is 5.54. The van der Waals surface area contributed by atoms with Gasteiger partial charge in [-0.2, -0.15) is 0 Å². The number of anilines is 2. The van der Waals surface area contributed by atoms with Gasteiger partial charge in [0.2, 0.25) is 5.91 Å². The van der Waals surface area contributed by atoms with Crippen molar-refractivity contribution in [1.29, 1.82) is 0 Å². The predicted molar refractivity (Wildman–Crippen MR) is 118 cm³/mol. The van der Waals surface area contributed by atoms with Crippen LogP contribution in [0.1, 0.15) is 50.4 Å². The number of rotatable bonds is 4. The molecule has 2 N–H and O–H groups in total. The summed E-state index contributed by atoms with van der Waals surface area (Å²) in [6.45, 7) is 3.44. The van der Waals surface area contributed by atoms with E-state index in [-0.39, 0.29) is 23.9 Å². The molecule has 0 saturated heterocycles. The van der Waals surface area contributed by atoms with Gasteiger partial charge in [-0.15, -0.1) is 0 Å². The zero-order valence-corrected chi connectivity index (χ0v) is 17.3. The van der Waals surface area contributed by atoms with E-state index in [1.165, 1.54) is 6.92 Å². The highest BCUT2D eigenvalue weighted by atomic mass is 16.5. The molecular formula is C25H22N2O4. The maximum Gasteiger partial charge on any atom is 0.339 e. The number of carbonyl (C=O) groups is 3. The fourth-order valence-corrected chi connectivity index (χ4v) is 3.55. The maximum absolute atomic E-state index is 12.7. The van der Waals surface area contributed by atoms with Crippen molar-refractivity contribution in [3.05, 3.63) is 94.5 Å². The standard InChI is InChI=1S/C25H22N2O4/c1-15-3-5-17(6-4-15)23-14-19-13-18(7-12-22(19)25(30)31-23)24(29)27-21-10-8-20(9-11-21)26-16(2)28/h3-13,23H,14H2,1-2H3,(H,26,28)(H,27,29)/t23-/m0/s1. The SMILES string of the molecule is CC(=O)Nc1ccc(NC(=O)c2ccc3c(c2)C[C@@H](c2ccc(C)cc2)OC3=O)cc1. The average Bonchev–Trinajstić information content (AvgIpc) is 2.75. The molecule has 0 unspecified atom stereocenters. The number of esters is 1. The van der Waals surface area contributed by atoms with E-state index in [2.05, 4.69) is 10.6 Å². The molecule has 0 aromatic heterocycles. The van der Waals surface area contributed by atoms with Crippen LogP contribution < -0.4 is 10.6 Å². The summed E-state index contributed by atoms with van der Waals surface area (Å²) in [7, 11) is 0. The number of hydrogen-bond donors (Lipinski definition) is 2. The lowest BCUT2D eigenvalue weighted by atomic mass is 9.92. The van der Waals surface area contributed by atoms with Gasteiger partial charge in [-0.1, -0.05) is 29.8 Å². The number of hydrogen-bond acceptors (Lipinski definition) is 4. The van der Waals surface area contributed by atoms with E-state index in [0.29, 0.717) is 28.9 Å². The number of carbonyl (C=O) groups excluding carboxylic acids is 3. The molecule has 0 saturated carbocycles. The van der Waals surface area contributed by atoms with Crippen molar-refractivity contribution >= 4 is 29.2 Å². The van der Waals surface area contributed by atoms with Gasteiger partial charge in [-0.3, -0.25) is 9.59 Å². The predicted octanol–water partition coefficient (Wildman–Crippen LogP) is 4.66. The second kappa shape index (κ2) is 8.44. The van der Waals surface area contributed by atoms with Crippen LogP contribution in [-0.2, 0) is 16.0 Å². The van der Waals surface area contributed by atoms with Crippen molar-refractivity contribution in [2.75, 3.05) is 10.6 Å². The van der Waals surface area contributed by atoms with Crippen LogP contribution in [-0.4, -0.2) is 17.8 Å². The van der Waals surface area contributed by atoms with E-state index in [4.69, 9.17) is 4.74 Å². The third kappa shape index (κ3) is 4.64. The van der Waals surface area contributed by atoms with Crippen molar-refractivity contribution in [2.24, 2.45) is 0 Å². The highest BCUT2D eigenvalue weighted by Crippen LogP contribution is 2.31. The Morgan fingerprint density at radius 2 is 1.55 bits per heavy atom. The summed E-state index contributed by atoms with van der Waals surface area (Å²) in [6, 6.07) is 19.7. The Bertz CT molecular complexity index is 1150. The van der Waals surface area contributed by atoms with Gasteiger partial charge >= 0.3 is 5.97 Å². The van der Waals surface area contributed by atoms with Gasteiger partial charge < -0.3 is 15.4 Å². The summed E-state index contributed by atoms with van der Waals surface area (Å²) in [6.07, 6.45) is 0.136. The maximum atomic E-state index is 12.7. The quantitative estimate of drug-likeness (QED) is 0.608. The molecule has 0 bridgehead atoms. The number of cyclic esters (lactones) is 1. The first-order chi connectivity index (χ1) is 14.9. The van der Waals surface area contributed by atoms with Crippen LogP contribution in [0.4, 0.5) is 11.4 Å². The largest absolute Gasteiger partial charge is 0.454 e. The molecule has 3 aromatic rings. The van der Waals surface area contributed by atoms with Crippen LogP contribution >= 0.6 is 0 Å². The second-order valence-electron chi connectivity index (χ2n) is 7.59. The number of amides is 2. The van der Waals surface area contributed by atoms with E-state index in [9.17, 15) is 14.4 Å². The number of ether oxygens (including phenoxy) is 1. The van der Waals surface area contributed by atoms with E-state index in [0.717, 1.165) is 16.7 Å². The summed E-state index contributed by atoms with van der Waals surface area (Å²) in [5, 5.41) is 5.52. The fourth-order valence-electron chi connectivity index (χ4n) is 3.55. The Balaban J connectivity index is 1.51. The number of fused-ring (bicyclic) bond motifs is 1. The topological polar surface area (TPSA) is 84.5 Å². The van der Waals surface area contributed by atoms with Gasteiger partial charge in [-0.05, 0) is 60.5 Å². The molecule has 6 nitrogen and oxygen atoms in total. The molecule has 2 amide bonds. The van der Waals surface area contributed by atoms with E-state index in [1.807, 2.05) is 31.2 Å². The molecule has 4 rings (SSSR count). The van der Waals surface area contributed by atoms with Gasteiger partial charge in [0.15, 0.2) is 0 Å². The van der Waals surface area contributed by atoms with Gasteiger partial charge in [0.1, 0.15) is 6.10 Å². The van der Waals surface area contributed by atoms with Crippen molar-refractivity contribution in [3.8, 4) is 0 Å². The molecule has 0 spiro atoms. The normalized spacial score (nSPS) is 14.9. The summed E-state index contributed by atoms with van der Waals surface area (Å²) in [4.78, 5) is 36.3. The van der Waals surface area contributed by atoms with Gasteiger partial charge in [0.25, 0.3) is 5.91 Å². The fraction of sp³-hybridized carbons (Fsp3) is 0.160. The Labute approximate surface area is 180 Å². The first-order valence-electron chi connectivity index (χ1n) is 9.98. The number of benzene rings is 3. The zero-order valence-electron chi connectivity index (χ0n) is 17.3. The molecule has 1 heterocycles. The van der Waals surface area contributed by atoms with Crippen molar-refractivity contribution < 1.29 is 19.1 Å². The zero-order chi connectivity index (χ0) is 22.0. The minimum Gasteiger partial charge on any atom is -0.454 e. The van der Waals surface area contributed by atoms with Gasteiger partial charge in [-0.25, -0.2) is 4.79 Å². The molecule has 156 valence electrons. The molecule has 0 aliphatic carbocycles. The summed E-state index contributed by atoms with van der Waals surface area (Å²) in [5.41, 5.74) is 5.06. The lowest BCUT2D eigenvalue weighted by molar-refractivity contribution is -0.114. The molecule has 31 heavy (non-hydrogen) atoms. The van der Waals surface area contributed by atoms with Crippen molar-refractivity contribution in [2.45, 2.75) is 26.4 Å². The molecule has 1 aliphatic rings. The Hall–Kier alpha value is -3.93. The first-order valence-corrected chi connectivity index (χ1v) is 9.98. The number of nitrogens with one attached hydrogen (secondary N) is 2. The van der Waals surface area contributed by atoms with Crippen LogP contribution in [0, 0.1) is 6.92 Å². The average molecular weight is 414 g/mol. The number of aryl methyl sites for hydroxylation is 1. The molecular weight excluding hydrogens is 392 g/mol. The van der Waals surface area contributed by atoms with Crippen LogP contribution in [0.15, 0.2) is 66.7 Å². The minimum atomic E-state index is -0.382. The van der Waals surface area contributed by atoms with Crippen LogP contribution in [0.25, 0.3) is 0 Å². The highest BCUT2D eigenvalue weighted by Gasteiger charge is 2.28. The summed E-state index contributed by atoms with van der Waals surface area (Å²) >= 11 is 0. The van der Waals surface area contributed by atoms with Crippen LogP contribution in [0.2, 0.25) is 0 Å². The first kappa shape index (κ1) is 20.3. The van der Waals surface area contributed by atoms with E-state index < -0.39 is 0 Å².